The molecule has 3 aromatic carbocycles. The van der Waals surface area contributed by atoms with Crippen molar-refractivity contribution in [1.82, 2.24) is 9.47 Å². The molecule has 0 spiro atoms. The Balaban J connectivity index is 1.33. The molecule has 1 fully saturated rings. The van der Waals surface area contributed by atoms with Crippen LogP contribution in [-0.2, 0) is 11.3 Å². The van der Waals surface area contributed by atoms with Gasteiger partial charge in [0.2, 0.25) is 0 Å². The second kappa shape index (κ2) is 10.3. The lowest BCUT2D eigenvalue weighted by molar-refractivity contribution is -0.384. The van der Waals surface area contributed by atoms with Gasteiger partial charge in [-0.25, -0.2) is 0 Å². The second-order valence-corrected chi connectivity index (χ2v) is 9.64. The third kappa shape index (κ3) is 5.26. The van der Waals surface area contributed by atoms with Gasteiger partial charge in [-0.2, -0.15) is 0 Å². The van der Waals surface area contributed by atoms with Crippen LogP contribution in [0.1, 0.15) is 16.7 Å². The molecule has 4 aromatic rings. The van der Waals surface area contributed by atoms with Crippen molar-refractivity contribution in [3.05, 3.63) is 111 Å². The van der Waals surface area contributed by atoms with Gasteiger partial charge in [-0.05, 0) is 48.5 Å². The Kier molecular flexibility index (Phi) is 6.78. The standard InChI is InChI=1S/C28H23N3O5S/c1-19-6-12-23(13-7-19)36-15-14-30-27(32)26(37-28(30)33)16-21-18-29(25-5-3-2-4-24(21)25)17-20-8-10-22(11-9-20)31(34)35/h2-13,16,18H,14-15,17H2,1H3/b26-16-. The zero-order valence-electron chi connectivity index (χ0n) is 20.0. The number of carbonyl (C=O) groups is 2. The van der Waals surface area contributed by atoms with E-state index in [9.17, 15) is 19.7 Å². The number of rotatable bonds is 8. The van der Waals surface area contributed by atoms with Crippen LogP contribution in [0.15, 0.2) is 83.9 Å². The molecule has 0 N–H and O–H groups in total. The molecule has 1 aromatic heterocycles. The molecular formula is C28H23N3O5S. The normalized spacial score (nSPS) is 14.6. The number of nitrogens with zero attached hydrogens (tertiary/aromatic N) is 3. The van der Waals surface area contributed by atoms with Crippen LogP contribution >= 0.6 is 11.8 Å². The molecule has 0 unspecified atom stereocenters. The average Bonchev–Trinajstić information content (AvgIpc) is 3.37. The van der Waals surface area contributed by atoms with E-state index in [0.717, 1.165) is 39.4 Å². The summed E-state index contributed by atoms with van der Waals surface area (Å²) in [6.45, 7) is 2.87. The van der Waals surface area contributed by atoms with Gasteiger partial charge in [-0.1, -0.05) is 48.0 Å². The highest BCUT2D eigenvalue weighted by atomic mass is 32.2. The molecular weight excluding hydrogens is 490 g/mol. The summed E-state index contributed by atoms with van der Waals surface area (Å²) in [4.78, 5) is 37.7. The summed E-state index contributed by atoms with van der Waals surface area (Å²) >= 11 is 0.921. The third-order valence-electron chi connectivity index (χ3n) is 6.08. The Morgan fingerprint density at radius 2 is 1.73 bits per heavy atom. The number of fused-ring (bicyclic) bond motifs is 1. The van der Waals surface area contributed by atoms with E-state index in [-0.39, 0.29) is 30.0 Å². The third-order valence-corrected chi connectivity index (χ3v) is 6.99. The Labute approximate surface area is 217 Å². The number of carbonyl (C=O) groups excluding carboxylic acids is 2. The first kappa shape index (κ1) is 24.3. The van der Waals surface area contributed by atoms with E-state index in [2.05, 4.69) is 0 Å². The number of imide groups is 1. The summed E-state index contributed by atoms with van der Waals surface area (Å²) in [5.41, 5.74) is 3.85. The molecule has 9 heteroatoms. The lowest BCUT2D eigenvalue weighted by Gasteiger charge is -2.13. The van der Waals surface area contributed by atoms with Gasteiger partial charge in [0.25, 0.3) is 16.8 Å². The van der Waals surface area contributed by atoms with Crippen molar-refractivity contribution in [3.63, 3.8) is 0 Å². The van der Waals surface area contributed by atoms with Crippen LogP contribution < -0.4 is 4.74 Å². The van der Waals surface area contributed by atoms with Gasteiger partial charge in [-0.3, -0.25) is 24.6 Å². The maximum atomic E-state index is 13.0. The number of thioether (sulfide) groups is 1. The van der Waals surface area contributed by atoms with E-state index >= 15 is 0 Å². The van der Waals surface area contributed by atoms with Crippen molar-refractivity contribution in [2.45, 2.75) is 13.5 Å². The SMILES string of the molecule is Cc1ccc(OCCN2C(=O)S/C(=C\c3cn(Cc4ccc([N+](=O)[O-])cc4)c4ccccc34)C2=O)cc1. The van der Waals surface area contributed by atoms with Gasteiger partial charge in [0.05, 0.1) is 16.4 Å². The summed E-state index contributed by atoms with van der Waals surface area (Å²) in [5, 5.41) is 11.6. The number of aromatic nitrogens is 1. The summed E-state index contributed by atoms with van der Waals surface area (Å²) < 4.78 is 7.73. The summed E-state index contributed by atoms with van der Waals surface area (Å²) in [6, 6.07) is 21.8. The molecule has 0 radical (unpaired) electrons. The van der Waals surface area contributed by atoms with Gasteiger partial charge in [0.1, 0.15) is 12.4 Å². The van der Waals surface area contributed by atoms with E-state index in [4.69, 9.17) is 4.74 Å². The molecule has 1 saturated heterocycles. The number of para-hydroxylation sites is 1. The van der Waals surface area contributed by atoms with Gasteiger partial charge in [-0.15, -0.1) is 0 Å². The van der Waals surface area contributed by atoms with E-state index in [1.165, 1.54) is 17.0 Å². The quantitative estimate of drug-likeness (QED) is 0.162. The van der Waals surface area contributed by atoms with Crippen LogP contribution in [0.4, 0.5) is 10.5 Å². The smallest absolute Gasteiger partial charge is 0.293 e. The minimum Gasteiger partial charge on any atom is -0.492 e. The summed E-state index contributed by atoms with van der Waals surface area (Å²) in [6.07, 6.45) is 3.68. The predicted octanol–water partition coefficient (Wildman–Crippen LogP) is 6.02. The van der Waals surface area contributed by atoms with E-state index in [0.29, 0.717) is 17.2 Å². The molecule has 1 aliphatic rings. The van der Waals surface area contributed by atoms with Crippen molar-refractivity contribution in [3.8, 4) is 5.75 Å². The molecule has 2 heterocycles. The number of amides is 2. The number of nitro groups is 1. The fraction of sp³-hybridized carbons (Fsp3) is 0.143. The number of aryl methyl sites for hydroxylation is 1. The number of nitro benzene ring substituents is 1. The summed E-state index contributed by atoms with van der Waals surface area (Å²) in [7, 11) is 0. The minimum absolute atomic E-state index is 0.0433. The van der Waals surface area contributed by atoms with Crippen LogP contribution in [0, 0.1) is 17.0 Å². The van der Waals surface area contributed by atoms with Crippen molar-refractivity contribution in [2.24, 2.45) is 0 Å². The van der Waals surface area contributed by atoms with Crippen LogP contribution in [0.2, 0.25) is 0 Å². The topological polar surface area (TPSA) is 94.7 Å². The zero-order chi connectivity index (χ0) is 25.9. The first-order valence-corrected chi connectivity index (χ1v) is 12.5. The Hall–Kier alpha value is -4.37. The Morgan fingerprint density at radius 3 is 2.46 bits per heavy atom. The number of ether oxygens (including phenoxy) is 1. The lowest BCUT2D eigenvalue weighted by atomic mass is 10.1. The average molecular weight is 514 g/mol. The van der Waals surface area contributed by atoms with Crippen molar-refractivity contribution in [2.75, 3.05) is 13.2 Å². The molecule has 0 saturated carbocycles. The predicted molar refractivity (Wildman–Crippen MR) is 143 cm³/mol. The second-order valence-electron chi connectivity index (χ2n) is 8.65. The first-order valence-electron chi connectivity index (χ1n) is 11.6. The van der Waals surface area contributed by atoms with Crippen molar-refractivity contribution in [1.29, 1.82) is 0 Å². The van der Waals surface area contributed by atoms with E-state index in [1.807, 2.05) is 66.2 Å². The number of benzene rings is 3. The molecule has 0 atom stereocenters. The van der Waals surface area contributed by atoms with Gasteiger partial charge < -0.3 is 9.30 Å². The molecule has 1 aliphatic heterocycles. The zero-order valence-corrected chi connectivity index (χ0v) is 20.8. The van der Waals surface area contributed by atoms with Gasteiger partial charge in [0, 0.05) is 41.3 Å². The summed E-state index contributed by atoms with van der Waals surface area (Å²) in [5.74, 6) is 0.351. The molecule has 8 nitrogen and oxygen atoms in total. The van der Waals surface area contributed by atoms with Crippen LogP contribution in [0.5, 0.6) is 5.75 Å². The number of hydrogen-bond acceptors (Lipinski definition) is 6. The molecule has 0 bridgehead atoms. The molecule has 2 amide bonds. The molecule has 186 valence electrons. The van der Waals surface area contributed by atoms with Gasteiger partial charge in [0.15, 0.2) is 0 Å². The monoisotopic (exact) mass is 513 g/mol. The number of hydrogen-bond donors (Lipinski definition) is 0. The fourth-order valence-electron chi connectivity index (χ4n) is 4.16. The number of non-ortho nitro benzene ring substituents is 1. The Morgan fingerprint density at radius 1 is 1.00 bits per heavy atom. The van der Waals surface area contributed by atoms with Crippen molar-refractivity contribution >= 4 is 45.6 Å². The van der Waals surface area contributed by atoms with Crippen LogP contribution in [0.25, 0.3) is 17.0 Å². The van der Waals surface area contributed by atoms with E-state index in [1.54, 1.807) is 18.2 Å². The minimum atomic E-state index is -0.422. The van der Waals surface area contributed by atoms with Crippen LogP contribution in [0.3, 0.4) is 0 Å². The fourth-order valence-corrected chi connectivity index (χ4v) is 5.02. The highest BCUT2D eigenvalue weighted by Gasteiger charge is 2.35. The maximum absolute atomic E-state index is 13.0. The van der Waals surface area contributed by atoms with Crippen LogP contribution in [-0.4, -0.2) is 38.7 Å². The Bertz CT molecular complexity index is 1520. The van der Waals surface area contributed by atoms with Gasteiger partial charge >= 0.3 is 0 Å². The first-order chi connectivity index (χ1) is 17.9. The molecule has 37 heavy (non-hydrogen) atoms. The van der Waals surface area contributed by atoms with Crippen molar-refractivity contribution < 1.29 is 19.2 Å². The van der Waals surface area contributed by atoms with E-state index < -0.39 is 4.92 Å². The lowest BCUT2D eigenvalue weighted by Crippen LogP contribution is -2.32. The molecule has 5 rings (SSSR count). The highest BCUT2D eigenvalue weighted by Crippen LogP contribution is 2.34. The largest absolute Gasteiger partial charge is 0.492 e. The molecule has 0 aliphatic carbocycles. The highest BCUT2D eigenvalue weighted by molar-refractivity contribution is 8.18. The maximum Gasteiger partial charge on any atom is 0.293 e.